The average molecular weight is 294 g/mol. The van der Waals surface area contributed by atoms with E-state index >= 15 is 0 Å². The van der Waals surface area contributed by atoms with Gasteiger partial charge in [0.15, 0.2) is 9.84 Å². The molecule has 1 aromatic carbocycles. The molecule has 0 radical (unpaired) electrons. The van der Waals surface area contributed by atoms with Crippen LogP contribution in [0.25, 0.3) is 0 Å². The number of aryl methyl sites for hydroxylation is 1. The minimum Gasteiger partial charge on any atom is -0.330 e. The second-order valence-electron chi connectivity index (χ2n) is 5.98. The average Bonchev–Trinajstić information content (AvgIpc) is 2.45. The Morgan fingerprint density at radius 2 is 1.90 bits per heavy atom. The van der Waals surface area contributed by atoms with Crippen molar-refractivity contribution < 1.29 is 8.42 Å². The standard InChI is InChI=1S/C15H22N2O2S/c16-6-2-5-12-3-1-4-13(7-12)9-17-10-14-8-15(11-17)20(14,18)19/h1,3-4,7,14-15H,2,5-6,8-11,16H2. The fourth-order valence-electron chi connectivity index (χ4n) is 3.30. The van der Waals surface area contributed by atoms with E-state index in [1.165, 1.54) is 11.1 Å². The molecule has 5 heteroatoms. The van der Waals surface area contributed by atoms with Crippen molar-refractivity contribution in [1.82, 2.24) is 4.90 Å². The van der Waals surface area contributed by atoms with E-state index < -0.39 is 9.84 Å². The number of hydrogen-bond donors (Lipinski definition) is 1. The van der Waals surface area contributed by atoms with Crippen LogP contribution in [0.3, 0.4) is 0 Å². The third-order valence-electron chi connectivity index (χ3n) is 4.45. The maximum absolute atomic E-state index is 11.8. The molecule has 2 unspecified atom stereocenters. The Bertz CT molecular complexity index is 567. The molecule has 2 bridgehead atoms. The summed E-state index contributed by atoms with van der Waals surface area (Å²) in [5.74, 6) is 0. The third-order valence-corrected chi connectivity index (χ3v) is 6.99. The molecular formula is C15H22N2O2S. The number of benzene rings is 1. The van der Waals surface area contributed by atoms with Crippen LogP contribution >= 0.6 is 0 Å². The summed E-state index contributed by atoms with van der Waals surface area (Å²) in [6, 6.07) is 8.57. The van der Waals surface area contributed by atoms with Crippen LogP contribution in [0.15, 0.2) is 24.3 Å². The number of nitrogens with two attached hydrogens (primary N) is 1. The molecule has 0 aromatic heterocycles. The molecule has 2 N–H and O–H groups in total. The highest BCUT2D eigenvalue weighted by Gasteiger charge is 2.51. The molecule has 3 saturated heterocycles. The van der Waals surface area contributed by atoms with Crippen LogP contribution in [-0.4, -0.2) is 43.5 Å². The molecule has 1 aromatic rings. The van der Waals surface area contributed by atoms with Gasteiger partial charge in [-0.1, -0.05) is 24.3 Å². The summed E-state index contributed by atoms with van der Waals surface area (Å²) < 4.78 is 23.5. The van der Waals surface area contributed by atoms with E-state index in [4.69, 9.17) is 5.73 Å². The first-order valence-corrected chi connectivity index (χ1v) is 8.93. The first-order chi connectivity index (χ1) is 9.59. The van der Waals surface area contributed by atoms with E-state index in [0.717, 1.165) is 32.4 Å². The van der Waals surface area contributed by atoms with Gasteiger partial charge < -0.3 is 5.73 Å². The van der Waals surface area contributed by atoms with Crippen molar-refractivity contribution in [2.75, 3.05) is 19.6 Å². The van der Waals surface area contributed by atoms with Crippen molar-refractivity contribution >= 4 is 9.84 Å². The third kappa shape index (κ3) is 2.62. The van der Waals surface area contributed by atoms with Gasteiger partial charge in [0, 0.05) is 19.6 Å². The fraction of sp³-hybridized carbons (Fsp3) is 0.600. The van der Waals surface area contributed by atoms with Crippen LogP contribution in [0, 0.1) is 0 Å². The maximum atomic E-state index is 11.8. The monoisotopic (exact) mass is 294 g/mol. The van der Waals surface area contributed by atoms with Gasteiger partial charge in [-0.3, -0.25) is 4.90 Å². The lowest BCUT2D eigenvalue weighted by Gasteiger charge is -2.46. The molecule has 110 valence electrons. The lowest BCUT2D eigenvalue weighted by molar-refractivity contribution is 0.201. The topological polar surface area (TPSA) is 63.4 Å². The lowest BCUT2D eigenvalue weighted by Crippen LogP contribution is -2.61. The summed E-state index contributed by atoms with van der Waals surface area (Å²) in [5, 5.41) is -0.219. The Hall–Kier alpha value is -0.910. The largest absolute Gasteiger partial charge is 0.330 e. The van der Waals surface area contributed by atoms with Gasteiger partial charge in [-0.2, -0.15) is 0 Å². The van der Waals surface area contributed by atoms with Crippen LogP contribution in [0.5, 0.6) is 0 Å². The van der Waals surface area contributed by atoms with Crippen molar-refractivity contribution in [1.29, 1.82) is 0 Å². The van der Waals surface area contributed by atoms with E-state index in [9.17, 15) is 8.42 Å². The van der Waals surface area contributed by atoms with Crippen LogP contribution in [-0.2, 0) is 22.8 Å². The zero-order valence-corrected chi connectivity index (χ0v) is 12.5. The second kappa shape index (κ2) is 5.47. The van der Waals surface area contributed by atoms with E-state index in [-0.39, 0.29) is 10.5 Å². The molecule has 3 fully saturated rings. The molecule has 3 aliphatic heterocycles. The van der Waals surface area contributed by atoms with Gasteiger partial charge in [0.25, 0.3) is 0 Å². The number of sulfone groups is 1. The van der Waals surface area contributed by atoms with Gasteiger partial charge >= 0.3 is 0 Å². The van der Waals surface area contributed by atoms with E-state index in [2.05, 4.69) is 29.2 Å². The van der Waals surface area contributed by atoms with E-state index in [0.29, 0.717) is 13.1 Å². The molecule has 20 heavy (non-hydrogen) atoms. The van der Waals surface area contributed by atoms with Gasteiger partial charge in [-0.25, -0.2) is 8.42 Å². The smallest absolute Gasteiger partial charge is 0.158 e. The Morgan fingerprint density at radius 3 is 2.55 bits per heavy atom. The van der Waals surface area contributed by atoms with Crippen molar-refractivity contribution in [2.24, 2.45) is 5.73 Å². The molecule has 3 aliphatic rings. The number of piperidine rings is 1. The van der Waals surface area contributed by atoms with Gasteiger partial charge in [0.2, 0.25) is 0 Å². The van der Waals surface area contributed by atoms with Crippen LogP contribution in [0.4, 0.5) is 0 Å². The Kier molecular flexibility index (Phi) is 3.84. The molecule has 0 spiro atoms. The highest BCUT2D eigenvalue weighted by Crippen LogP contribution is 2.35. The van der Waals surface area contributed by atoms with Crippen LogP contribution < -0.4 is 5.73 Å². The molecule has 4 nitrogen and oxygen atoms in total. The SMILES string of the molecule is NCCCc1cccc(CN2CC3CC(C2)S3(=O)=O)c1. The first kappa shape index (κ1) is 14.0. The lowest BCUT2D eigenvalue weighted by atomic mass is 10.0. The van der Waals surface area contributed by atoms with Gasteiger partial charge in [0.1, 0.15) is 0 Å². The molecule has 0 amide bonds. The van der Waals surface area contributed by atoms with Crippen molar-refractivity contribution in [3.05, 3.63) is 35.4 Å². The quantitative estimate of drug-likeness (QED) is 0.878. The second-order valence-corrected chi connectivity index (χ2v) is 8.49. The Balaban J connectivity index is 1.62. The zero-order chi connectivity index (χ0) is 14.2. The summed E-state index contributed by atoms with van der Waals surface area (Å²) in [5.41, 5.74) is 8.14. The molecule has 3 heterocycles. The van der Waals surface area contributed by atoms with E-state index in [1.54, 1.807) is 0 Å². The van der Waals surface area contributed by atoms with Gasteiger partial charge in [-0.05, 0) is 36.9 Å². The summed E-state index contributed by atoms with van der Waals surface area (Å²) in [4.78, 5) is 2.28. The van der Waals surface area contributed by atoms with Gasteiger partial charge in [-0.15, -0.1) is 0 Å². The number of nitrogens with zero attached hydrogens (tertiary/aromatic N) is 1. The Morgan fingerprint density at radius 1 is 1.20 bits per heavy atom. The first-order valence-electron chi connectivity index (χ1n) is 7.32. The summed E-state index contributed by atoms with van der Waals surface area (Å²) in [6.45, 7) is 2.98. The maximum Gasteiger partial charge on any atom is 0.158 e. The Labute approximate surface area is 120 Å². The predicted molar refractivity (Wildman–Crippen MR) is 80.2 cm³/mol. The van der Waals surface area contributed by atoms with Crippen LogP contribution in [0.1, 0.15) is 24.0 Å². The van der Waals surface area contributed by atoms with Crippen molar-refractivity contribution in [3.63, 3.8) is 0 Å². The van der Waals surface area contributed by atoms with Crippen molar-refractivity contribution in [2.45, 2.75) is 36.3 Å². The number of rotatable bonds is 5. The minimum absolute atomic E-state index is 0.110. The summed E-state index contributed by atoms with van der Waals surface area (Å²) in [6.07, 6.45) is 2.90. The van der Waals surface area contributed by atoms with Crippen LogP contribution in [0.2, 0.25) is 0 Å². The molecule has 4 rings (SSSR count). The normalized spacial score (nSPS) is 28.1. The fourth-order valence-corrected chi connectivity index (χ4v) is 5.32. The number of hydrogen-bond acceptors (Lipinski definition) is 4. The summed E-state index contributed by atoms with van der Waals surface area (Å²) in [7, 11) is -2.77. The molecule has 0 aliphatic carbocycles. The zero-order valence-electron chi connectivity index (χ0n) is 11.7. The minimum atomic E-state index is -2.77. The molecule has 2 atom stereocenters. The summed E-state index contributed by atoms with van der Waals surface area (Å²) >= 11 is 0. The van der Waals surface area contributed by atoms with Gasteiger partial charge in [0.05, 0.1) is 10.5 Å². The number of fused-ring (bicyclic) bond motifs is 2. The highest BCUT2D eigenvalue weighted by atomic mass is 32.2. The van der Waals surface area contributed by atoms with Crippen molar-refractivity contribution in [3.8, 4) is 0 Å². The van der Waals surface area contributed by atoms with E-state index in [1.807, 2.05) is 0 Å². The molecular weight excluding hydrogens is 272 g/mol. The predicted octanol–water partition coefficient (Wildman–Crippen LogP) is 0.949. The highest BCUT2D eigenvalue weighted by molar-refractivity contribution is 7.94. The molecule has 0 saturated carbocycles.